The summed E-state index contributed by atoms with van der Waals surface area (Å²) in [7, 11) is 0. The summed E-state index contributed by atoms with van der Waals surface area (Å²) < 4.78 is 0. The van der Waals surface area contributed by atoms with E-state index in [0.717, 1.165) is 5.56 Å². The van der Waals surface area contributed by atoms with E-state index >= 15 is 0 Å². The highest BCUT2D eigenvalue weighted by Crippen LogP contribution is 2.25. The van der Waals surface area contributed by atoms with Crippen molar-refractivity contribution in [3.63, 3.8) is 0 Å². The molecule has 1 fully saturated rings. The molecule has 0 aromatic heterocycles. The van der Waals surface area contributed by atoms with Crippen molar-refractivity contribution in [1.29, 1.82) is 0 Å². The molecule has 2 aromatic carbocycles. The summed E-state index contributed by atoms with van der Waals surface area (Å²) in [6.07, 6.45) is 1.38. The topological polar surface area (TPSA) is 40.6 Å². The molecule has 28 heavy (non-hydrogen) atoms. The van der Waals surface area contributed by atoms with Gasteiger partial charge in [-0.15, -0.1) is 0 Å². The van der Waals surface area contributed by atoms with Crippen molar-refractivity contribution in [2.24, 2.45) is 5.92 Å². The molecule has 1 saturated heterocycles. The Hall–Kier alpha value is -2.33. The van der Waals surface area contributed by atoms with Crippen LogP contribution in [0.5, 0.6) is 0 Å². The number of carbonyl (C=O) groups excluding carboxylic acids is 2. The fourth-order valence-corrected chi connectivity index (χ4v) is 3.88. The van der Waals surface area contributed by atoms with Gasteiger partial charge in [0.05, 0.1) is 10.6 Å². The predicted octanol–water partition coefficient (Wildman–Crippen LogP) is 4.63. The number of rotatable bonds is 5. The number of nitrogens with zero attached hydrogens (tertiary/aromatic N) is 2. The third-order valence-electron chi connectivity index (χ3n) is 5.34. The number of carbonyl (C=O) groups is 2. The minimum absolute atomic E-state index is 0.0404. The van der Waals surface area contributed by atoms with Crippen molar-refractivity contribution < 1.29 is 9.59 Å². The molecular formula is C23H27ClN2O2. The number of hydrogen-bond acceptors (Lipinski definition) is 2. The van der Waals surface area contributed by atoms with E-state index < -0.39 is 0 Å². The maximum atomic E-state index is 13.1. The molecule has 148 valence electrons. The monoisotopic (exact) mass is 398 g/mol. The van der Waals surface area contributed by atoms with E-state index in [2.05, 4.69) is 13.8 Å². The molecule has 0 bridgehead atoms. The van der Waals surface area contributed by atoms with E-state index in [-0.39, 0.29) is 23.8 Å². The Morgan fingerprint density at radius 3 is 2.25 bits per heavy atom. The SMILES string of the molecule is CC(C)N(Cc1ccccc1)C(=O)C1CCN(C(=O)c2ccccc2Cl)CC1. The summed E-state index contributed by atoms with van der Waals surface area (Å²) in [4.78, 5) is 29.6. The van der Waals surface area contributed by atoms with Gasteiger partial charge in [-0.1, -0.05) is 54.1 Å². The van der Waals surface area contributed by atoms with Crippen LogP contribution >= 0.6 is 11.6 Å². The Morgan fingerprint density at radius 2 is 1.64 bits per heavy atom. The first-order chi connectivity index (χ1) is 13.5. The van der Waals surface area contributed by atoms with Crippen molar-refractivity contribution in [2.75, 3.05) is 13.1 Å². The number of halogens is 1. The van der Waals surface area contributed by atoms with Gasteiger partial charge in [0.15, 0.2) is 0 Å². The predicted molar refractivity (Wildman–Crippen MR) is 112 cm³/mol. The van der Waals surface area contributed by atoms with E-state index in [1.54, 1.807) is 12.1 Å². The van der Waals surface area contributed by atoms with Gasteiger partial charge < -0.3 is 9.80 Å². The molecule has 1 heterocycles. The molecule has 1 aliphatic heterocycles. The van der Waals surface area contributed by atoms with Crippen LogP contribution in [0.25, 0.3) is 0 Å². The summed E-state index contributed by atoms with van der Waals surface area (Å²) in [5, 5.41) is 0.472. The third-order valence-corrected chi connectivity index (χ3v) is 5.67. The van der Waals surface area contributed by atoms with Gasteiger partial charge in [0, 0.05) is 31.6 Å². The van der Waals surface area contributed by atoms with Crippen molar-refractivity contribution >= 4 is 23.4 Å². The second-order valence-corrected chi connectivity index (χ2v) is 8.00. The smallest absolute Gasteiger partial charge is 0.255 e. The summed E-state index contributed by atoms with van der Waals surface area (Å²) in [5.41, 5.74) is 1.66. The molecule has 3 rings (SSSR count). The Morgan fingerprint density at radius 1 is 1.04 bits per heavy atom. The Labute approximate surface area is 172 Å². The van der Waals surface area contributed by atoms with Crippen molar-refractivity contribution in [3.05, 3.63) is 70.7 Å². The normalized spacial score (nSPS) is 14.9. The maximum absolute atomic E-state index is 13.1. The average molecular weight is 399 g/mol. The molecule has 0 N–H and O–H groups in total. The molecular weight excluding hydrogens is 372 g/mol. The minimum Gasteiger partial charge on any atom is -0.339 e. The first-order valence-corrected chi connectivity index (χ1v) is 10.2. The molecule has 4 nitrogen and oxygen atoms in total. The van der Waals surface area contributed by atoms with Gasteiger partial charge in [-0.2, -0.15) is 0 Å². The second-order valence-electron chi connectivity index (χ2n) is 7.59. The van der Waals surface area contributed by atoms with E-state index in [1.165, 1.54) is 0 Å². The lowest BCUT2D eigenvalue weighted by Crippen LogP contribution is -2.46. The van der Waals surface area contributed by atoms with Crippen LogP contribution < -0.4 is 0 Å². The van der Waals surface area contributed by atoms with E-state index in [9.17, 15) is 9.59 Å². The largest absolute Gasteiger partial charge is 0.339 e. The van der Waals surface area contributed by atoms with Crippen molar-refractivity contribution in [2.45, 2.75) is 39.3 Å². The van der Waals surface area contributed by atoms with Gasteiger partial charge >= 0.3 is 0 Å². The number of piperidine rings is 1. The molecule has 2 aromatic rings. The molecule has 0 atom stereocenters. The molecule has 0 unspecified atom stereocenters. The van der Waals surface area contributed by atoms with Crippen LogP contribution in [0.15, 0.2) is 54.6 Å². The maximum Gasteiger partial charge on any atom is 0.255 e. The molecule has 0 radical (unpaired) electrons. The highest BCUT2D eigenvalue weighted by molar-refractivity contribution is 6.33. The lowest BCUT2D eigenvalue weighted by molar-refractivity contribution is -0.139. The Bertz CT molecular complexity index is 814. The molecule has 0 aliphatic carbocycles. The zero-order valence-corrected chi connectivity index (χ0v) is 17.2. The fourth-order valence-electron chi connectivity index (χ4n) is 3.66. The quantitative estimate of drug-likeness (QED) is 0.736. The van der Waals surface area contributed by atoms with Crippen LogP contribution in [0, 0.1) is 5.92 Å². The minimum atomic E-state index is -0.0542. The van der Waals surface area contributed by atoms with E-state index in [1.807, 2.05) is 52.3 Å². The lowest BCUT2D eigenvalue weighted by Gasteiger charge is -2.36. The Balaban J connectivity index is 1.62. The molecule has 0 spiro atoms. The molecule has 1 aliphatic rings. The molecule has 0 saturated carbocycles. The van der Waals surface area contributed by atoms with Crippen LogP contribution in [0.4, 0.5) is 0 Å². The molecule has 2 amide bonds. The van der Waals surface area contributed by atoms with Crippen molar-refractivity contribution in [1.82, 2.24) is 9.80 Å². The number of hydrogen-bond donors (Lipinski definition) is 0. The van der Waals surface area contributed by atoms with Gasteiger partial charge in [0.1, 0.15) is 0 Å². The summed E-state index contributed by atoms with van der Waals surface area (Å²) in [5.74, 6) is 0.0894. The number of likely N-dealkylation sites (tertiary alicyclic amines) is 1. The molecule has 5 heteroatoms. The zero-order chi connectivity index (χ0) is 20.1. The van der Waals surface area contributed by atoms with Gasteiger partial charge in [-0.25, -0.2) is 0 Å². The van der Waals surface area contributed by atoms with Gasteiger partial charge in [-0.05, 0) is 44.4 Å². The van der Waals surface area contributed by atoms with E-state index in [0.29, 0.717) is 43.1 Å². The second kappa shape index (κ2) is 9.24. The summed E-state index contributed by atoms with van der Waals surface area (Å²) >= 11 is 6.16. The van der Waals surface area contributed by atoms with Crippen LogP contribution in [0.3, 0.4) is 0 Å². The van der Waals surface area contributed by atoms with Gasteiger partial charge in [0.2, 0.25) is 5.91 Å². The van der Waals surface area contributed by atoms with Crippen LogP contribution in [-0.2, 0) is 11.3 Å². The number of amides is 2. The van der Waals surface area contributed by atoms with Crippen LogP contribution in [-0.4, -0.2) is 40.7 Å². The van der Waals surface area contributed by atoms with E-state index in [4.69, 9.17) is 11.6 Å². The summed E-state index contributed by atoms with van der Waals surface area (Å²) in [6, 6.07) is 17.3. The van der Waals surface area contributed by atoms with Gasteiger partial charge in [-0.3, -0.25) is 9.59 Å². The summed E-state index contributed by atoms with van der Waals surface area (Å²) in [6.45, 7) is 5.89. The average Bonchev–Trinajstić information content (AvgIpc) is 2.72. The highest BCUT2D eigenvalue weighted by Gasteiger charge is 2.31. The van der Waals surface area contributed by atoms with Gasteiger partial charge in [0.25, 0.3) is 5.91 Å². The highest BCUT2D eigenvalue weighted by atomic mass is 35.5. The third kappa shape index (κ3) is 4.74. The lowest BCUT2D eigenvalue weighted by atomic mass is 9.94. The zero-order valence-electron chi connectivity index (χ0n) is 16.5. The fraction of sp³-hybridized carbons (Fsp3) is 0.391. The van der Waals surface area contributed by atoms with Crippen LogP contribution in [0.2, 0.25) is 5.02 Å². The standard InChI is InChI=1S/C23H27ClN2O2/c1-17(2)26(16-18-8-4-3-5-9-18)22(27)19-12-14-25(15-13-19)23(28)20-10-6-7-11-21(20)24/h3-11,17,19H,12-16H2,1-2H3. The Kier molecular flexibility index (Phi) is 6.74. The first kappa shape index (κ1) is 20.4. The van der Waals surface area contributed by atoms with Crippen LogP contribution in [0.1, 0.15) is 42.6 Å². The number of benzene rings is 2. The first-order valence-electron chi connectivity index (χ1n) is 9.85. The van der Waals surface area contributed by atoms with Crippen molar-refractivity contribution in [3.8, 4) is 0 Å².